The van der Waals surface area contributed by atoms with Gasteiger partial charge >= 0.3 is 0 Å². The van der Waals surface area contributed by atoms with Gasteiger partial charge < -0.3 is 5.32 Å². The number of carbonyl (C=O) groups is 1. The Hall–Kier alpha value is -2.09. The van der Waals surface area contributed by atoms with E-state index in [0.29, 0.717) is 5.56 Å². The second kappa shape index (κ2) is 5.50. The van der Waals surface area contributed by atoms with Crippen LogP contribution in [0.25, 0.3) is 0 Å². The van der Waals surface area contributed by atoms with Crippen molar-refractivity contribution >= 4 is 11.6 Å². The summed E-state index contributed by atoms with van der Waals surface area (Å²) in [6.45, 7) is 4.10. The van der Waals surface area contributed by atoms with Gasteiger partial charge in [-0.15, -0.1) is 0 Å². The Balaban J connectivity index is 2.14. The number of amides is 1. The van der Waals surface area contributed by atoms with Gasteiger partial charge in [-0.3, -0.25) is 4.79 Å². The summed E-state index contributed by atoms with van der Waals surface area (Å²) in [4.78, 5) is 12.1. The molecule has 0 atom stereocenters. The lowest BCUT2D eigenvalue weighted by Gasteiger charge is -2.06. The maximum atomic E-state index is 12.1. The van der Waals surface area contributed by atoms with Gasteiger partial charge in [-0.1, -0.05) is 36.8 Å². The van der Waals surface area contributed by atoms with E-state index in [1.165, 1.54) is 11.1 Å². The van der Waals surface area contributed by atoms with Crippen molar-refractivity contribution in [1.82, 2.24) is 0 Å². The average molecular weight is 239 g/mol. The van der Waals surface area contributed by atoms with Crippen molar-refractivity contribution in [3.05, 3.63) is 65.2 Å². The Morgan fingerprint density at radius 1 is 1.11 bits per heavy atom. The summed E-state index contributed by atoms with van der Waals surface area (Å²) >= 11 is 0. The summed E-state index contributed by atoms with van der Waals surface area (Å²) in [6, 6.07) is 15.5. The van der Waals surface area contributed by atoms with Crippen LogP contribution in [0.1, 0.15) is 28.4 Å². The minimum Gasteiger partial charge on any atom is -0.322 e. The predicted molar refractivity (Wildman–Crippen MR) is 75.0 cm³/mol. The Morgan fingerprint density at radius 3 is 2.50 bits per heavy atom. The molecule has 0 saturated heterocycles. The summed E-state index contributed by atoms with van der Waals surface area (Å²) in [5.41, 5.74) is 3.88. The maximum Gasteiger partial charge on any atom is 0.255 e. The highest BCUT2D eigenvalue weighted by molar-refractivity contribution is 6.04. The van der Waals surface area contributed by atoms with Crippen LogP contribution in [0.5, 0.6) is 0 Å². The molecule has 0 spiro atoms. The molecule has 0 fully saturated rings. The van der Waals surface area contributed by atoms with Crippen LogP contribution in [0.2, 0.25) is 0 Å². The minimum atomic E-state index is -0.0610. The molecule has 1 amide bonds. The molecule has 0 radical (unpaired) electrons. The lowest BCUT2D eigenvalue weighted by molar-refractivity contribution is 0.102. The lowest BCUT2D eigenvalue weighted by atomic mass is 10.1. The number of benzene rings is 2. The Kier molecular flexibility index (Phi) is 3.78. The number of carbonyl (C=O) groups excluding carboxylic acids is 1. The zero-order valence-corrected chi connectivity index (χ0v) is 10.7. The van der Waals surface area contributed by atoms with Gasteiger partial charge in [0.15, 0.2) is 0 Å². The third-order valence-corrected chi connectivity index (χ3v) is 2.91. The molecule has 0 aliphatic rings. The van der Waals surface area contributed by atoms with Gasteiger partial charge in [0, 0.05) is 11.3 Å². The largest absolute Gasteiger partial charge is 0.322 e. The van der Waals surface area contributed by atoms with Crippen molar-refractivity contribution in [3.63, 3.8) is 0 Å². The highest BCUT2D eigenvalue weighted by Crippen LogP contribution is 2.12. The fraction of sp³-hybridized carbons (Fsp3) is 0.188. The summed E-state index contributed by atoms with van der Waals surface area (Å²) in [5.74, 6) is -0.0610. The Morgan fingerprint density at radius 2 is 1.83 bits per heavy atom. The summed E-state index contributed by atoms with van der Waals surface area (Å²) in [7, 11) is 0. The summed E-state index contributed by atoms with van der Waals surface area (Å²) in [6.07, 6.45) is 0.936. The summed E-state index contributed by atoms with van der Waals surface area (Å²) in [5, 5.41) is 2.90. The van der Waals surface area contributed by atoms with Crippen LogP contribution in [0.3, 0.4) is 0 Å². The summed E-state index contributed by atoms with van der Waals surface area (Å²) < 4.78 is 0. The topological polar surface area (TPSA) is 29.1 Å². The van der Waals surface area contributed by atoms with Gasteiger partial charge in [0.2, 0.25) is 0 Å². The van der Waals surface area contributed by atoms with Crippen molar-refractivity contribution in [2.75, 3.05) is 5.32 Å². The first-order valence-corrected chi connectivity index (χ1v) is 6.16. The van der Waals surface area contributed by atoms with Crippen LogP contribution in [-0.2, 0) is 6.42 Å². The van der Waals surface area contributed by atoms with Crippen LogP contribution < -0.4 is 5.32 Å². The number of hydrogen-bond donors (Lipinski definition) is 1. The number of hydrogen-bond acceptors (Lipinski definition) is 1. The predicted octanol–water partition coefficient (Wildman–Crippen LogP) is 3.81. The molecule has 0 aliphatic carbocycles. The average Bonchev–Trinajstić information content (AvgIpc) is 2.41. The first-order chi connectivity index (χ1) is 8.69. The molecule has 0 aromatic heterocycles. The quantitative estimate of drug-likeness (QED) is 0.867. The zero-order valence-electron chi connectivity index (χ0n) is 10.7. The molecular formula is C16H17NO. The van der Waals surface area contributed by atoms with Gasteiger partial charge in [0.25, 0.3) is 5.91 Å². The van der Waals surface area contributed by atoms with Gasteiger partial charge in [-0.2, -0.15) is 0 Å². The van der Waals surface area contributed by atoms with Crippen molar-refractivity contribution < 1.29 is 4.79 Å². The number of rotatable bonds is 3. The van der Waals surface area contributed by atoms with Crippen molar-refractivity contribution in [3.8, 4) is 0 Å². The molecule has 2 nitrogen and oxygen atoms in total. The molecule has 0 aliphatic heterocycles. The van der Waals surface area contributed by atoms with E-state index >= 15 is 0 Å². The first kappa shape index (κ1) is 12.4. The fourth-order valence-electron chi connectivity index (χ4n) is 1.77. The fourth-order valence-corrected chi connectivity index (χ4v) is 1.77. The van der Waals surface area contributed by atoms with E-state index in [1.807, 2.05) is 55.5 Å². The van der Waals surface area contributed by atoms with Crippen molar-refractivity contribution in [2.24, 2.45) is 0 Å². The molecular weight excluding hydrogens is 222 g/mol. The lowest BCUT2D eigenvalue weighted by Crippen LogP contribution is -2.12. The molecule has 18 heavy (non-hydrogen) atoms. The molecule has 0 heterocycles. The number of nitrogens with one attached hydrogen (secondary N) is 1. The normalized spacial score (nSPS) is 10.1. The smallest absolute Gasteiger partial charge is 0.255 e. The highest BCUT2D eigenvalue weighted by atomic mass is 16.1. The molecule has 2 rings (SSSR count). The minimum absolute atomic E-state index is 0.0610. The van der Waals surface area contributed by atoms with Crippen LogP contribution in [-0.4, -0.2) is 5.91 Å². The second-order valence-electron chi connectivity index (χ2n) is 4.37. The van der Waals surface area contributed by atoms with Gasteiger partial charge in [0.05, 0.1) is 0 Å². The third kappa shape index (κ3) is 2.98. The van der Waals surface area contributed by atoms with Crippen molar-refractivity contribution in [1.29, 1.82) is 0 Å². The van der Waals surface area contributed by atoms with E-state index < -0.39 is 0 Å². The van der Waals surface area contributed by atoms with Crippen LogP contribution in [0, 0.1) is 6.92 Å². The van der Waals surface area contributed by atoms with E-state index in [-0.39, 0.29) is 5.91 Å². The van der Waals surface area contributed by atoms with E-state index in [1.54, 1.807) is 0 Å². The van der Waals surface area contributed by atoms with E-state index in [0.717, 1.165) is 12.1 Å². The second-order valence-corrected chi connectivity index (χ2v) is 4.37. The third-order valence-electron chi connectivity index (χ3n) is 2.91. The standard InChI is InChI=1S/C16H17NO/c1-3-13-5-4-6-14(11-13)16(18)17-15-9-7-12(2)8-10-15/h4-11H,3H2,1-2H3,(H,17,18). The maximum absolute atomic E-state index is 12.1. The number of aryl methyl sites for hydroxylation is 2. The molecule has 0 bridgehead atoms. The van der Waals surface area contributed by atoms with Gasteiger partial charge in [-0.25, -0.2) is 0 Å². The van der Waals surface area contributed by atoms with Crippen LogP contribution in [0.4, 0.5) is 5.69 Å². The Bertz CT molecular complexity index is 543. The molecule has 2 heteroatoms. The highest BCUT2D eigenvalue weighted by Gasteiger charge is 2.06. The molecule has 2 aromatic rings. The van der Waals surface area contributed by atoms with E-state index in [4.69, 9.17) is 0 Å². The molecule has 1 N–H and O–H groups in total. The van der Waals surface area contributed by atoms with Gasteiger partial charge in [0.1, 0.15) is 0 Å². The molecule has 92 valence electrons. The van der Waals surface area contributed by atoms with Crippen LogP contribution >= 0.6 is 0 Å². The molecule has 0 saturated carbocycles. The van der Waals surface area contributed by atoms with Crippen LogP contribution in [0.15, 0.2) is 48.5 Å². The van der Waals surface area contributed by atoms with Crippen molar-refractivity contribution in [2.45, 2.75) is 20.3 Å². The SMILES string of the molecule is CCc1cccc(C(=O)Nc2ccc(C)cc2)c1. The first-order valence-electron chi connectivity index (χ1n) is 6.16. The molecule has 0 unspecified atom stereocenters. The monoisotopic (exact) mass is 239 g/mol. The Labute approximate surface area is 108 Å². The van der Waals surface area contributed by atoms with E-state index in [2.05, 4.69) is 12.2 Å². The van der Waals surface area contributed by atoms with Gasteiger partial charge in [-0.05, 0) is 43.2 Å². The van der Waals surface area contributed by atoms with E-state index in [9.17, 15) is 4.79 Å². The molecule has 2 aromatic carbocycles. The number of anilines is 1. The zero-order chi connectivity index (χ0) is 13.0.